The lowest BCUT2D eigenvalue weighted by Gasteiger charge is -2.17. The van der Waals surface area contributed by atoms with Gasteiger partial charge in [0.15, 0.2) is 0 Å². The second kappa shape index (κ2) is 5.11. The summed E-state index contributed by atoms with van der Waals surface area (Å²) in [5.41, 5.74) is 5.39. The van der Waals surface area contributed by atoms with Crippen LogP contribution in [0.15, 0.2) is 0 Å². The predicted molar refractivity (Wildman–Crippen MR) is 47.6 cm³/mol. The van der Waals surface area contributed by atoms with Crippen molar-refractivity contribution in [1.29, 1.82) is 0 Å². The van der Waals surface area contributed by atoms with E-state index in [9.17, 15) is 4.79 Å². The number of carbonyl (C=O) groups is 1. The van der Waals surface area contributed by atoms with Gasteiger partial charge in [-0.2, -0.15) is 0 Å². The van der Waals surface area contributed by atoms with Gasteiger partial charge in [0.2, 0.25) is 5.91 Å². The van der Waals surface area contributed by atoms with Crippen molar-refractivity contribution in [3.05, 3.63) is 0 Å². The fourth-order valence-electron chi connectivity index (χ4n) is 0.719. The topological polar surface area (TPSA) is 75.4 Å². The van der Waals surface area contributed by atoms with Gasteiger partial charge in [-0.25, -0.2) is 0 Å². The molecule has 0 bridgehead atoms. The van der Waals surface area contributed by atoms with E-state index in [2.05, 4.69) is 5.32 Å². The van der Waals surface area contributed by atoms with Gasteiger partial charge < -0.3 is 16.2 Å². The monoisotopic (exact) mass is 174 g/mol. The van der Waals surface area contributed by atoms with Crippen molar-refractivity contribution in [2.75, 3.05) is 13.2 Å². The average molecular weight is 174 g/mol. The third-order valence-electron chi connectivity index (χ3n) is 1.43. The number of amides is 1. The first-order valence-electron chi connectivity index (χ1n) is 4.12. The Labute approximate surface area is 73.1 Å². The van der Waals surface area contributed by atoms with E-state index < -0.39 is 0 Å². The molecule has 4 heteroatoms. The van der Waals surface area contributed by atoms with Crippen molar-refractivity contribution in [1.82, 2.24) is 5.32 Å². The Kier molecular flexibility index (Phi) is 4.85. The summed E-state index contributed by atoms with van der Waals surface area (Å²) < 4.78 is 0. The quantitative estimate of drug-likeness (QED) is 0.531. The van der Waals surface area contributed by atoms with Gasteiger partial charge in [0.05, 0.1) is 6.61 Å². The van der Waals surface area contributed by atoms with Crippen LogP contribution in [0.2, 0.25) is 0 Å². The smallest absolute Gasteiger partial charge is 0.220 e. The maximum atomic E-state index is 11.0. The molecule has 0 fully saturated rings. The normalized spacial score (nSPS) is 11.3. The van der Waals surface area contributed by atoms with Crippen molar-refractivity contribution in [2.45, 2.75) is 32.2 Å². The zero-order chi connectivity index (χ0) is 9.61. The molecule has 0 aromatic carbocycles. The highest BCUT2D eigenvalue weighted by atomic mass is 16.3. The van der Waals surface area contributed by atoms with Crippen molar-refractivity contribution in [3.8, 4) is 0 Å². The lowest BCUT2D eigenvalue weighted by atomic mass is 10.00. The van der Waals surface area contributed by atoms with Gasteiger partial charge in [-0.1, -0.05) is 0 Å². The molecule has 0 aliphatic carbocycles. The van der Waals surface area contributed by atoms with Crippen LogP contribution >= 0.6 is 0 Å². The number of aliphatic hydroxyl groups excluding tert-OH is 1. The Morgan fingerprint density at radius 1 is 1.58 bits per heavy atom. The minimum absolute atomic E-state index is 0.0161. The van der Waals surface area contributed by atoms with Crippen LogP contribution in [0, 0.1) is 0 Å². The minimum atomic E-state index is -0.295. The lowest BCUT2D eigenvalue weighted by molar-refractivity contribution is -0.121. The zero-order valence-corrected chi connectivity index (χ0v) is 7.76. The molecule has 0 aliphatic rings. The third kappa shape index (κ3) is 7.50. The maximum Gasteiger partial charge on any atom is 0.220 e. The van der Waals surface area contributed by atoms with E-state index in [0.29, 0.717) is 19.4 Å². The van der Waals surface area contributed by atoms with Crippen molar-refractivity contribution >= 4 is 5.91 Å². The Hall–Kier alpha value is -0.610. The molecule has 0 spiro atoms. The van der Waals surface area contributed by atoms with Crippen LogP contribution in [0.4, 0.5) is 0 Å². The molecule has 0 unspecified atom stereocenters. The first-order chi connectivity index (χ1) is 5.45. The molecule has 0 aromatic rings. The fourth-order valence-corrected chi connectivity index (χ4v) is 0.719. The van der Waals surface area contributed by atoms with E-state index in [1.807, 2.05) is 13.8 Å². The van der Waals surface area contributed by atoms with Crippen molar-refractivity contribution < 1.29 is 9.90 Å². The van der Waals surface area contributed by atoms with Gasteiger partial charge in [0, 0.05) is 18.5 Å². The number of nitrogens with one attached hydrogen (secondary N) is 1. The Morgan fingerprint density at radius 2 is 2.17 bits per heavy atom. The molecule has 4 nitrogen and oxygen atoms in total. The first kappa shape index (κ1) is 11.4. The molecule has 0 aliphatic heterocycles. The van der Waals surface area contributed by atoms with Crippen LogP contribution in [0.5, 0.6) is 0 Å². The molecule has 72 valence electrons. The Bertz CT molecular complexity index is 140. The SMILES string of the molecule is CC(C)(N)CCC(=O)NCCO. The fraction of sp³-hybridized carbons (Fsp3) is 0.875. The van der Waals surface area contributed by atoms with Crippen LogP contribution in [0.1, 0.15) is 26.7 Å². The highest BCUT2D eigenvalue weighted by Gasteiger charge is 2.12. The average Bonchev–Trinajstić information content (AvgIpc) is 1.95. The molecule has 4 N–H and O–H groups in total. The van der Waals surface area contributed by atoms with E-state index in [-0.39, 0.29) is 18.1 Å². The third-order valence-corrected chi connectivity index (χ3v) is 1.43. The number of carbonyl (C=O) groups excluding carboxylic acids is 1. The van der Waals surface area contributed by atoms with E-state index >= 15 is 0 Å². The molecule has 0 aromatic heterocycles. The molecular formula is C8H18N2O2. The summed E-state index contributed by atoms with van der Waals surface area (Å²) in [6.45, 7) is 4.07. The van der Waals surface area contributed by atoms with Crippen LogP contribution in [-0.4, -0.2) is 29.7 Å². The van der Waals surface area contributed by atoms with E-state index in [1.165, 1.54) is 0 Å². The first-order valence-corrected chi connectivity index (χ1v) is 4.12. The molecule has 0 heterocycles. The summed E-state index contributed by atoms with van der Waals surface area (Å²) in [4.78, 5) is 11.0. The number of hydrogen-bond donors (Lipinski definition) is 3. The zero-order valence-electron chi connectivity index (χ0n) is 7.76. The summed E-state index contributed by atoms with van der Waals surface area (Å²) in [7, 11) is 0. The molecule has 0 saturated heterocycles. The van der Waals surface area contributed by atoms with E-state index in [4.69, 9.17) is 10.8 Å². The maximum absolute atomic E-state index is 11.0. The van der Waals surface area contributed by atoms with Gasteiger partial charge in [-0.3, -0.25) is 4.79 Å². The molecule has 0 atom stereocenters. The number of aliphatic hydroxyl groups is 1. The summed E-state index contributed by atoms with van der Waals surface area (Å²) >= 11 is 0. The molecule has 12 heavy (non-hydrogen) atoms. The van der Waals surface area contributed by atoms with Crippen LogP contribution in [0.25, 0.3) is 0 Å². The summed E-state index contributed by atoms with van der Waals surface area (Å²) in [5.74, 6) is -0.0532. The van der Waals surface area contributed by atoms with E-state index in [1.54, 1.807) is 0 Å². The summed E-state index contributed by atoms with van der Waals surface area (Å²) in [6.07, 6.45) is 1.08. The Balaban J connectivity index is 3.44. The summed E-state index contributed by atoms with van der Waals surface area (Å²) in [5, 5.41) is 11.0. The van der Waals surface area contributed by atoms with Crippen LogP contribution in [-0.2, 0) is 4.79 Å². The second-order valence-electron chi connectivity index (χ2n) is 3.56. The Morgan fingerprint density at radius 3 is 2.58 bits per heavy atom. The van der Waals surface area contributed by atoms with Gasteiger partial charge in [0.1, 0.15) is 0 Å². The number of hydrogen-bond acceptors (Lipinski definition) is 3. The van der Waals surface area contributed by atoms with Gasteiger partial charge in [-0.05, 0) is 20.3 Å². The molecule has 0 saturated carbocycles. The highest BCUT2D eigenvalue weighted by molar-refractivity contribution is 5.75. The van der Waals surface area contributed by atoms with Gasteiger partial charge >= 0.3 is 0 Å². The van der Waals surface area contributed by atoms with Crippen LogP contribution < -0.4 is 11.1 Å². The van der Waals surface area contributed by atoms with Crippen LogP contribution in [0.3, 0.4) is 0 Å². The van der Waals surface area contributed by atoms with Gasteiger partial charge in [0.25, 0.3) is 0 Å². The largest absolute Gasteiger partial charge is 0.395 e. The standard InChI is InChI=1S/C8H18N2O2/c1-8(2,9)4-3-7(12)10-5-6-11/h11H,3-6,9H2,1-2H3,(H,10,12). The highest BCUT2D eigenvalue weighted by Crippen LogP contribution is 2.05. The number of rotatable bonds is 5. The molecule has 0 rings (SSSR count). The molecule has 0 radical (unpaired) electrons. The molecule has 1 amide bonds. The van der Waals surface area contributed by atoms with Crippen molar-refractivity contribution in [2.24, 2.45) is 5.73 Å². The number of nitrogens with two attached hydrogens (primary N) is 1. The lowest BCUT2D eigenvalue weighted by Crippen LogP contribution is -2.35. The van der Waals surface area contributed by atoms with Crippen molar-refractivity contribution in [3.63, 3.8) is 0 Å². The van der Waals surface area contributed by atoms with E-state index in [0.717, 1.165) is 0 Å². The second-order valence-corrected chi connectivity index (χ2v) is 3.56. The molecular weight excluding hydrogens is 156 g/mol. The minimum Gasteiger partial charge on any atom is -0.395 e. The van der Waals surface area contributed by atoms with Gasteiger partial charge in [-0.15, -0.1) is 0 Å². The predicted octanol–water partition coefficient (Wildman–Crippen LogP) is -0.388. The summed E-state index contributed by atoms with van der Waals surface area (Å²) in [6, 6.07) is 0.